The predicted molar refractivity (Wildman–Crippen MR) is 87.6 cm³/mol. The van der Waals surface area contributed by atoms with Gasteiger partial charge >= 0.3 is 0 Å². The van der Waals surface area contributed by atoms with Gasteiger partial charge in [0.2, 0.25) is 0 Å². The van der Waals surface area contributed by atoms with Gasteiger partial charge in [0.25, 0.3) is 0 Å². The number of benzene rings is 1. The van der Waals surface area contributed by atoms with Crippen molar-refractivity contribution in [3.63, 3.8) is 0 Å². The maximum Gasteiger partial charge on any atom is 0.125 e. The van der Waals surface area contributed by atoms with Crippen molar-refractivity contribution in [2.75, 3.05) is 19.7 Å². The summed E-state index contributed by atoms with van der Waals surface area (Å²) in [6.07, 6.45) is 2.29. The fourth-order valence-corrected chi connectivity index (χ4v) is 3.94. The number of piperidine rings is 1. The largest absolute Gasteiger partial charge is 0.396 e. The molecule has 0 saturated carbocycles. The zero-order valence-corrected chi connectivity index (χ0v) is 13.4. The van der Waals surface area contributed by atoms with Crippen molar-refractivity contribution in [1.82, 2.24) is 9.88 Å². The van der Waals surface area contributed by atoms with Crippen LogP contribution < -0.4 is 0 Å². The molecule has 1 aliphatic rings. The first-order valence-corrected chi connectivity index (χ1v) is 8.54. The number of rotatable bonds is 4. The summed E-state index contributed by atoms with van der Waals surface area (Å²) in [6.45, 7) is 3.21. The molecule has 1 aromatic heterocycles. The molecule has 1 aromatic carbocycles. The quantitative estimate of drug-likeness (QED) is 0.933. The number of hydrogen-bond donors (Lipinski definition) is 1. The Morgan fingerprint density at radius 1 is 1.38 bits per heavy atom. The van der Waals surface area contributed by atoms with Crippen LogP contribution in [0.5, 0.6) is 0 Å². The topological polar surface area (TPSA) is 36.4 Å². The highest BCUT2D eigenvalue weighted by Crippen LogP contribution is 2.30. The number of likely N-dealkylation sites (tertiary alicyclic amines) is 1. The van der Waals surface area contributed by atoms with E-state index in [9.17, 15) is 5.11 Å². The van der Waals surface area contributed by atoms with E-state index in [0.717, 1.165) is 53.8 Å². The van der Waals surface area contributed by atoms with Gasteiger partial charge in [-0.3, -0.25) is 4.90 Å². The van der Waals surface area contributed by atoms with E-state index in [1.165, 1.54) is 0 Å². The lowest BCUT2D eigenvalue weighted by atomic mass is 9.99. The van der Waals surface area contributed by atoms with E-state index in [-0.39, 0.29) is 0 Å². The number of aromatic nitrogens is 1. The van der Waals surface area contributed by atoms with Gasteiger partial charge in [-0.2, -0.15) is 0 Å². The lowest BCUT2D eigenvalue weighted by Crippen LogP contribution is -2.36. The number of aliphatic hydroxyl groups excluding tert-OH is 1. The van der Waals surface area contributed by atoms with Crippen molar-refractivity contribution < 1.29 is 5.11 Å². The van der Waals surface area contributed by atoms with E-state index >= 15 is 0 Å². The average molecular weight is 323 g/mol. The minimum atomic E-state index is 0.290. The van der Waals surface area contributed by atoms with Gasteiger partial charge in [-0.05, 0) is 31.4 Å². The second kappa shape index (κ2) is 6.88. The van der Waals surface area contributed by atoms with Gasteiger partial charge < -0.3 is 5.11 Å². The zero-order valence-electron chi connectivity index (χ0n) is 11.8. The molecule has 112 valence electrons. The molecular formula is C16H19ClN2OS. The molecular weight excluding hydrogens is 304 g/mol. The number of thiazole rings is 1. The van der Waals surface area contributed by atoms with Crippen molar-refractivity contribution in [2.45, 2.75) is 19.4 Å². The lowest BCUT2D eigenvalue weighted by molar-refractivity contribution is 0.115. The Morgan fingerprint density at radius 2 is 2.24 bits per heavy atom. The minimum Gasteiger partial charge on any atom is -0.396 e. The summed E-state index contributed by atoms with van der Waals surface area (Å²) >= 11 is 7.87. The molecule has 0 bridgehead atoms. The lowest BCUT2D eigenvalue weighted by Gasteiger charge is -2.31. The highest BCUT2D eigenvalue weighted by molar-refractivity contribution is 7.13. The Kier molecular flexibility index (Phi) is 4.91. The highest BCUT2D eigenvalue weighted by Gasteiger charge is 2.20. The summed E-state index contributed by atoms with van der Waals surface area (Å²) in [5, 5.41) is 13.1. The first-order valence-electron chi connectivity index (χ1n) is 7.29. The zero-order chi connectivity index (χ0) is 14.7. The number of halogens is 1. The van der Waals surface area contributed by atoms with Crippen LogP contribution in [0.3, 0.4) is 0 Å². The van der Waals surface area contributed by atoms with Crippen molar-refractivity contribution in [2.24, 2.45) is 5.92 Å². The summed E-state index contributed by atoms with van der Waals surface area (Å²) in [4.78, 5) is 7.10. The van der Waals surface area contributed by atoms with Gasteiger partial charge in [0.05, 0.1) is 10.7 Å². The Morgan fingerprint density at radius 3 is 3.05 bits per heavy atom. The van der Waals surface area contributed by atoms with Crippen LogP contribution in [0.1, 0.15) is 18.5 Å². The van der Waals surface area contributed by atoms with Crippen LogP contribution in [0.15, 0.2) is 29.6 Å². The molecule has 21 heavy (non-hydrogen) atoms. The van der Waals surface area contributed by atoms with Gasteiger partial charge in [-0.1, -0.05) is 29.8 Å². The van der Waals surface area contributed by atoms with E-state index in [4.69, 9.17) is 16.6 Å². The molecule has 3 nitrogen and oxygen atoms in total. The van der Waals surface area contributed by atoms with Gasteiger partial charge in [0.15, 0.2) is 0 Å². The van der Waals surface area contributed by atoms with Gasteiger partial charge in [0, 0.05) is 30.6 Å². The van der Waals surface area contributed by atoms with Gasteiger partial charge in [-0.15, -0.1) is 11.3 Å². The normalized spacial score (nSPS) is 19.8. The maximum absolute atomic E-state index is 9.30. The average Bonchev–Trinajstić information content (AvgIpc) is 2.96. The van der Waals surface area contributed by atoms with Crippen molar-refractivity contribution in [1.29, 1.82) is 0 Å². The SMILES string of the molecule is OCC1CCCN(Cc2csc(-c3ccccc3Cl)n2)C1. The monoisotopic (exact) mass is 322 g/mol. The Labute approximate surface area is 134 Å². The minimum absolute atomic E-state index is 0.290. The van der Waals surface area contributed by atoms with Crippen LogP contribution in [0.2, 0.25) is 5.02 Å². The molecule has 1 saturated heterocycles. The highest BCUT2D eigenvalue weighted by atomic mass is 35.5. The van der Waals surface area contributed by atoms with E-state index in [1.807, 2.05) is 24.3 Å². The standard InChI is InChI=1S/C16H19ClN2OS/c17-15-6-2-1-5-14(15)16-18-13(11-21-16)9-19-7-3-4-12(8-19)10-20/h1-2,5-6,11-12,20H,3-4,7-10H2. The molecule has 0 spiro atoms. The summed E-state index contributed by atoms with van der Waals surface area (Å²) < 4.78 is 0. The molecule has 0 radical (unpaired) electrons. The second-order valence-electron chi connectivity index (χ2n) is 5.55. The Hall–Kier alpha value is -0.940. The molecule has 2 aromatic rings. The van der Waals surface area contributed by atoms with Crippen molar-refractivity contribution in [3.8, 4) is 10.6 Å². The third-order valence-corrected chi connectivity index (χ3v) is 5.16. The summed E-state index contributed by atoms with van der Waals surface area (Å²) in [7, 11) is 0. The van der Waals surface area contributed by atoms with Crippen LogP contribution in [-0.2, 0) is 6.54 Å². The van der Waals surface area contributed by atoms with E-state index in [1.54, 1.807) is 11.3 Å². The maximum atomic E-state index is 9.30. The molecule has 2 heterocycles. The third-order valence-electron chi connectivity index (χ3n) is 3.90. The van der Waals surface area contributed by atoms with E-state index < -0.39 is 0 Å². The first-order chi connectivity index (χ1) is 10.3. The number of nitrogens with zero attached hydrogens (tertiary/aromatic N) is 2. The molecule has 1 aliphatic heterocycles. The summed E-state index contributed by atoms with van der Waals surface area (Å²) in [6, 6.07) is 7.82. The fraction of sp³-hybridized carbons (Fsp3) is 0.438. The molecule has 0 amide bonds. The van der Waals surface area contributed by atoms with Gasteiger partial charge in [0.1, 0.15) is 5.01 Å². The Balaban J connectivity index is 1.69. The number of aliphatic hydroxyl groups is 1. The Bertz CT molecular complexity index is 601. The molecule has 5 heteroatoms. The fourth-order valence-electron chi connectivity index (χ4n) is 2.81. The number of hydrogen-bond acceptors (Lipinski definition) is 4. The molecule has 3 rings (SSSR count). The van der Waals surface area contributed by atoms with Crippen LogP contribution in [0.25, 0.3) is 10.6 Å². The van der Waals surface area contributed by atoms with Crippen LogP contribution in [0.4, 0.5) is 0 Å². The van der Waals surface area contributed by atoms with Crippen molar-refractivity contribution >= 4 is 22.9 Å². The van der Waals surface area contributed by atoms with E-state index in [0.29, 0.717) is 12.5 Å². The summed E-state index contributed by atoms with van der Waals surface area (Å²) in [5.41, 5.74) is 2.09. The molecule has 1 atom stereocenters. The van der Waals surface area contributed by atoms with Crippen LogP contribution in [0, 0.1) is 5.92 Å². The van der Waals surface area contributed by atoms with Crippen LogP contribution >= 0.6 is 22.9 Å². The first kappa shape index (κ1) is 15.0. The predicted octanol–water partition coefficient (Wildman–Crippen LogP) is 3.67. The van der Waals surface area contributed by atoms with E-state index in [2.05, 4.69) is 10.3 Å². The smallest absolute Gasteiger partial charge is 0.125 e. The second-order valence-corrected chi connectivity index (χ2v) is 6.82. The molecule has 0 aliphatic carbocycles. The van der Waals surface area contributed by atoms with Gasteiger partial charge in [-0.25, -0.2) is 4.98 Å². The molecule has 1 N–H and O–H groups in total. The third kappa shape index (κ3) is 3.64. The molecule has 1 unspecified atom stereocenters. The van der Waals surface area contributed by atoms with Crippen molar-refractivity contribution in [3.05, 3.63) is 40.4 Å². The summed E-state index contributed by atoms with van der Waals surface area (Å²) in [5.74, 6) is 0.417. The van der Waals surface area contributed by atoms with Crippen LogP contribution in [-0.4, -0.2) is 34.7 Å². The molecule has 1 fully saturated rings.